The van der Waals surface area contributed by atoms with Crippen molar-refractivity contribution in [3.05, 3.63) is 48.2 Å². The van der Waals surface area contributed by atoms with E-state index in [1.165, 1.54) is 5.56 Å². The van der Waals surface area contributed by atoms with Crippen LogP contribution in [0.5, 0.6) is 0 Å². The number of hydrogen-bond donors (Lipinski definition) is 0. The topological polar surface area (TPSA) is 54.4 Å². The van der Waals surface area contributed by atoms with Crippen molar-refractivity contribution in [2.24, 2.45) is 0 Å². The number of morpholine rings is 1. The molecule has 0 radical (unpaired) electrons. The maximum absolute atomic E-state index is 5.46. The lowest BCUT2D eigenvalue weighted by Crippen LogP contribution is -2.37. The van der Waals surface area contributed by atoms with Crippen LogP contribution in [0.15, 0.2) is 36.9 Å². The smallest absolute Gasteiger partial charge is 0.133 e. The summed E-state index contributed by atoms with van der Waals surface area (Å²) in [6.07, 6.45) is 8.46. The number of ether oxygens (including phenoxy) is 1. The molecule has 126 valence electrons. The van der Waals surface area contributed by atoms with Crippen LogP contribution in [0.25, 0.3) is 0 Å². The molecule has 4 rings (SSSR count). The minimum atomic E-state index is 0.488. The molecular formula is C18H23N5O. The van der Waals surface area contributed by atoms with Crippen LogP contribution in [0, 0.1) is 0 Å². The average Bonchev–Trinajstić information content (AvgIpc) is 3.12. The van der Waals surface area contributed by atoms with Crippen LogP contribution in [-0.2, 0) is 11.3 Å². The summed E-state index contributed by atoms with van der Waals surface area (Å²) >= 11 is 0. The van der Waals surface area contributed by atoms with E-state index in [2.05, 4.69) is 30.8 Å². The number of nitrogens with zero attached hydrogens (tertiary/aromatic N) is 5. The van der Waals surface area contributed by atoms with Gasteiger partial charge >= 0.3 is 0 Å². The highest BCUT2D eigenvalue weighted by Gasteiger charge is 2.26. The molecular weight excluding hydrogens is 302 g/mol. The Balaban J connectivity index is 1.44. The van der Waals surface area contributed by atoms with Crippen LogP contribution < -0.4 is 4.90 Å². The lowest BCUT2D eigenvalue weighted by Gasteiger charge is -2.30. The average molecular weight is 325 g/mol. The molecule has 0 bridgehead atoms. The zero-order valence-corrected chi connectivity index (χ0v) is 13.8. The van der Waals surface area contributed by atoms with E-state index in [0.717, 1.165) is 63.9 Å². The van der Waals surface area contributed by atoms with Gasteiger partial charge in [-0.15, -0.1) is 0 Å². The minimum absolute atomic E-state index is 0.488. The van der Waals surface area contributed by atoms with Gasteiger partial charge in [-0.05, 0) is 19.0 Å². The molecule has 6 nitrogen and oxygen atoms in total. The van der Waals surface area contributed by atoms with E-state index < -0.39 is 0 Å². The summed E-state index contributed by atoms with van der Waals surface area (Å²) in [6, 6.07) is 4.24. The van der Waals surface area contributed by atoms with Crippen molar-refractivity contribution in [1.82, 2.24) is 19.9 Å². The molecule has 2 fully saturated rings. The fourth-order valence-electron chi connectivity index (χ4n) is 3.59. The first-order valence-corrected chi connectivity index (χ1v) is 8.65. The Hall–Kier alpha value is -2.05. The zero-order chi connectivity index (χ0) is 16.2. The Labute approximate surface area is 142 Å². The maximum atomic E-state index is 5.46. The monoisotopic (exact) mass is 325 g/mol. The highest BCUT2D eigenvalue weighted by atomic mass is 16.5. The molecule has 2 aromatic heterocycles. The van der Waals surface area contributed by atoms with Crippen molar-refractivity contribution in [2.75, 3.05) is 44.3 Å². The number of aromatic nitrogens is 3. The molecule has 0 aliphatic carbocycles. The van der Waals surface area contributed by atoms with Crippen LogP contribution in [-0.4, -0.2) is 59.2 Å². The molecule has 2 saturated heterocycles. The number of pyridine rings is 1. The first kappa shape index (κ1) is 15.5. The van der Waals surface area contributed by atoms with Gasteiger partial charge in [-0.3, -0.25) is 14.9 Å². The van der Waals surface area contributed by atoms with E-state index in [-0.39, 0.29) is 0 Å². The summed E-state index contributed by atoms with van der Waals surface area (Å²) in [5.41, 5.74) is 2.42. The summed E-state index contributed by atoms with van der Waals surface area (Å²) in [6.45, 7) is 6.49. The third-order valence-corrected chi connectivity index (χ3v) is 4.85. The van der Waals surface area contributed by atoms with Gasteiger partial charge in [-0.2, -0.15) is 0 Å². The van der Waals surface area contributed by atoms with Crippen molar-refractivity contribution in [1.29, 1.82) is 0 Å². The zero-order valence-electron chi connectivity index (χ0n) is 13.8. The van der Waals surface area contributed by atoms with Crippen LogP contribution in [0.3, 0.4) is 0 Å². The second kappa shape index (κ2) is 7.23. The van der Waals surface area contributed by atoms with Gasteiger partial charge in [0.1, 0.15) is 5.82 Å². The first-order valence-electron chi connectivity index (χ1n) is 8.65. The molecule has 0 N–H and O–H groups in total. The molecule has 2 aromatic rings. The van der Waals surface area contributed by atoms with Gasteiger partial charge in [0.05, 0.1) is 18.9 Å². The van der Waals surface area contributed by atoms with Crippen LogP contribution >= 0.6 is 0 Å². The largest absolute Gasteiger partial charge is 0.378 e. The lowest BCUT2D eigenvalue weighted by molar-refractivity contribution is 0.122. The molecule has 1 unspecified atom stereocenters. The Bertz CT molecular complexity index is 659. The Morgan fingerprint density at radius 1 is 1.08 bits per heavy atom. The Morgan fingerprint density at radius 3 is 2.83 bits per heavy atom. The summed E-state index contributed by atoms with van der Waals surface area (Å²) in [5.74, 6) is 1.60. The Kier molecular flexibility index (Phi) is 4.66. The van der Waals surface area contributed by atoms with E-state index in [4.69, 9.17) is 4.74 Å². The summed E-state index contributed by atoms with van der Waals surface area (Å²) in [5, 5.41) is 0. The molecule has 4 heterocycles. The standard InChI is InChI=1S/C18H23N5O/c1-2-16(18(21-4-1)23-8-10-24-11-9-23)14-22-7-3-15(13-22)17-12-19-5-6-20-17/h1-2,4-6,12,15H,3,7-11,13-14H2. The molecule has 24 heavy (non-hydrogen) atoms. The molecule has 0 aromatic carbocycles. The van der Waals surface area contributed by atoms with Gasteiger partial charge in [0.25, 0.3) is 0 Å². The number of anilines is 1. The quantitative estimate of drug-likeness (QED) is 0.853. The van der Waals surface area contributed by atoms with Crippen LogP contribution in [0.4, 0.5) is 5.82 Å². The number of likely N-dealkylation sites (tertiary alicyclic amines) is 1. The highest BCUT2D eigenvalue weighted by molar-refractivity contribution is 5.47. The molecule has 2 aliphatic heterocycles. The van der Waals surface area contributed by atoms with E-state index in [1.807, 2.05) is 18.5 Å². The molecule has 1 atom stereocenters. The summed E-state index contributed by atoms with van der Waals surface area (Å²) < 4.78 is 5.46. The number of rotatable bonds is 4. The van der Waals surface area contributed by atoms with Crippen LogP contribution in [0.1, 0.15) is 23.6 Å². The van der Waals surface area contributed by atoms with Gasteiger partial charge < -0.3 is 9.64 Å². The van der Waals surface area contributed by atoms with Gasteiger partial charge in [-0.25, -0.2) is 4.98 Å². The fourth-order valence-corrected chi connectivity index (χ4v) is 3.59. The van der Waals surface area contributed by atoms with E-state index in [1.54, 1.807) is 12.4 Å². The van der Waals surface area contributed by atoms with Crippen molar-refractivity contribution in [3.8, 4) is 0 Å². The molecule has 2 aliphatic rings. The lowest BCUT2D eigenvalue weighted by atomic mass is 10.1. The van der Waals surface area contributed by atoms with Gasteiger partial charge in [0, 0.05) is 62.4 Å². The SMILES string of the molecule is c1cnc(N2CCOCC2)c(CN2CCC(c3cnccn3)C2)c1. The summed E-state index contributed by atoms with van der Waals surface area (Å²) in [4.78, 5) is 18.2. The predicted molar refractivity (Wildman–Crippen MR) is 91.9 cm³/mol. The van der Waals surface area contributed by atoms with E-state index in [9.17, 15) is 0 Å². The van der Waals surface area contributed by atoms with E-state index >= 15 is 0 Å². The molecule has 0 saturated carbocycles. The fraction of sp³-hybridized carbons (Fsp3) is 0.500. The second-order valence-electron chi connectivity index (χ2n) is 6.44. The second-order valence-corrected chi connectivity index (χ2v) is 6.44. The van der Waals surface area contributed by atoms with Gasteiger partial charge in [-0.1, -0.05) is 6.07 Å². The van der Waals surface area contributed by atoms with E-state index in [0.29, 0.717) is 5.92 Å². The van der Waals surface area contributed by atoms with Crippen molar-refractivity contribution < 1.29 is 4.74 Å². The first-order chi connectivity index (χ1) is 11.9. The molecule has 0 spiro atoms. The molecule has 6 heteroatoms. The third-order valence-electron chi connectivity index (χ3n) is 4.85. The van der Waals surface area contributed by atoms with Crippen molar-refractivity contribution in [3.63, 3.8) is 0 Å². The van der Waals surface area contributed by atoms with Gasteiger partial charge in [0.2, 0.25) is 0 Å². The normalized spacial score (nSPS) is 22.0. The van der Waals surface area contributed by atoms with Crippen molar-refractivity contribution >= 4 is 5.82 Å². The third kappa shape index (κ3) is 3.39. The summed E-state index contributed by atoms with van der Waals surface area (Å²) in [7, 11) is 0. The number of hydrogen-bond acceptors (Lipinski definition) is 6. The minimum Gasteiger partial charge on any atom is -0.378 e. The predicted octanol–water partition coefficient (Wildman–Crippen LogP) is 1.70. The van der Waals surface area contributed by atoms with Crippen molar-refractivity contribution in [2.45, 2.75) is 18.9 Å². The highest BCUT2D eigenvalue weighted by Crippen LogP contribution is 2.28. The Morgan fingerprint density at radius 2 is 2.00 bits per heavy atom. The van der Waals surface area contributed by atoms with Crippen LogP contribution in [0.2, 0.25) is 0 Å². The van der Waals surface area contributed by atoms with Gasteiger partial charge in [0.15, 0.2) is 0 Å². The maximum Gasteiger partial charge on any atom is 0.133 e. The molecule has 0 amide bonds.